The van der Waals surface area contributed by atoms with Crippen LogP contribution in [0.4, 0.5) is 47.8 Å². The number of rotatable bonds is 9. The number of anilines is 6. The first kappa shape index (κ1) is 31.1. The van der Waals surface area contributed by atoms with E-state index >= 15 is 0 Å². The predicted molar refractivity (Wildman–Crippen MR) is 194 cm³/mol. The van der Waals surface area contributed by atoms with E-state index in [1.807, 2.05) is 80.1 Å². The molecule has 7 aromatic rings. The zero-order valence-corrected chi connectivity index (χ0v) is 27.3. The van der Waals surface area contributed by atoms with Crippen LogP contribution in [0.3, 0.4) is 0 Å². The van der Waals surface area contributed by atoms with Crippen LogP contribution in [0, 0.1) is 0 Å². The van der Waals surface area contributed by atoms with Crippen molar-refractivity contribution in [2.24, 2.45) is 0 Å². The molecule has 1 aliphatic rings. The monoisotopic (exact) mass is 673 g/mol. The lowest BCUT2D eigenvalue weighted by atomic mass is 9.81. The third-order valence-electron chi connectivity index (χ3n) is 8.87. The number of pyridine rings is 2. The van der Waals surface area contributed by atoms with Gasteiger partial charge < -0.3 is 36.2 Å². The first-order valence-corrected chi connectivity index (χ1v) is 16.3. The molecule has 0 amide bonds. The molecule has 12 heteroatoms. The van der Waals surface area contributed by atoms with E-state index in [9.17, 15) is 13.2 Å². The van der Waals surface area contributed by atoms with Crippen LogP contribution in [0.1, 0.15) is 36.2 Å². The van der Waals surface area contributed by atoms with Crippen LogP contribution in [0.5, 0.6) is 0 Å². The van der Waals surface area contributed by atoms with Crippen molar-refractivity contribution in [3.8, 4) is 0 Å². The fourth-order valence-electron chi connectivity index (χ4n) is 6.67. The van der Waals surface area contributed by atoms with Gasteiger partial charge in [-0.25, -0.2) is 9.97 Å². The van der Waals surface area contributed by atoms with E-state index in [1.165, 1.54) is 0 Å². The molecule has 0 fully saturated rings. The number of hydrogen-bond acceptors (Lipinski definition) is 6. The highest BCUT2D eigenvalue weighted by Crippen LogP contribution is 2.40. The molecule has 1 atom stereocenters. The van der Waals surface area contributed by atoms with Gasteiger partial charge in [-0.05, 0) is 85.5 Å². The van der Waals surface area contributed by atoms with E-state index < -0.39 is 17.3 Å². The fraction of sp³-hybridized carbons (Fsp3) is 0.158. The number of alkyl halides is 3. The molecule has 1 unspecified atom stereocenters. The maximum Gasteiger partial charge on any atom is 0.416 e. The Hall–Kier alpha value is -6.17. The lowest BCUT2D eigenvalue weighted by Crippen LogP contribution is -2.38. The summed E-state index contributed by atoms with van der Waals surface area (Å²) in [5.41, 5.74) is 5.95. The number of aromatic nitrogens is 5. The zero-order valence-electron chi connectivity index (χ0n) is 27.3. The van der Waals surface area contributed by atoms with Crippen molar-refractivity contribution in [2.45, 2.75) is 32.0 Å². The topological polar surface area (TPSA) is 121 Å². The molecule has 50 heavy (non-hydrogen) atoms. The smallest absolute Gasteiger partial charge is 0.370 e. The van der Waals surface area contributed by atoms with E-state index in [4.69, 9.17) is 4.98 Å². The highest BCUT2D eigenvalue weighted by molar-refractivity contribution is 5.99. The number of H-pyrrole nitrogens is 3. The predicted octanol–water partition coefficient (Wildman–Crippen LogP) is 9.56. The Balaban J connectivity index is 1.09. The van der Waals surface area contributed by atoms with Crippen molar-refractivity contribution in [3.05, 3.63) is 126 Å². The summed E-state index contributed by atoms with van der Waals surface area (Å²) >= 11 is 0. The van der Waals surface area contributed by atoms with Crippen LogP contribution in [-0.4, -0.2) is 37.0 Å². The summed E-state index contributed by atoms with van der Waals surface area (Å²) in [5.74, 6) is 1.72. The molecular weight excluding hydrogens is 639 g/mol. The molecule has 1 aliphatic carbocycles. The minimum atomic E-state index is -4.56. The highest BCUT2D eigenvalue weighted by Gasteiger charge is 2.33. The summed E-state index contributed by atoms with van der Waals surface area (Å²) in [7, 11) is 0. The Morgan fingerprint density at radius 1 is 0.760 bits per heavy atom. The van der Waals surface area contributed by atoms with Gasteiger partial charge in [0.25, 0.3) is 0 Å². The third-order valence-corrected chi connectivity index (χ3v) is 8.87. The van der Waals surface area contributed by atoms with Crippen LogP contribution in [0.2, 0.25) is 0 Å². The average Bonchev–Trinajstić information content (AvgIpc) is 3.84. The molecule has 9 nitrogen and oxygen atoms in total. The van der Waals surface area contributed by atoms with Crippen LogP contribution < -0.4 is 21.3 Å². The van der Waals surface area contributed by atoms with E-state index in [1.54, 1.807) is 6.07 Å². The largest absolute Gasteiger partial charge is 0.416 e. The Morgan fingerprint density at radius 3 is 2.26 bits per heavy atom. The van der Waals surface area contributed by atoms with Crippen molar-refractivity contribution in [2.75, 3.05) is 27.8 Å². The molecule has 7 N–H and O–H groups in total. The van der Waals surface area contributed by atoms with E-state index in [-0.39, 0.29) is 11.6 Å². The van der Waals surface area contributed by atoms with Gasteiger partial charge in [-0.2, -0.15) is 13.2 Å². The summed E-state index contributed by atoms with van der Waals surface area (Å²) in [6.07, 6.45) is 4.16. The maximum absolute atomic E-state index is 14.0. The van der Waals surface area contributed by atoms with Gasteiger partial charge in [0.1, 0.15) is 23.3 Å². The molecule has 0 spiro atoms. The Labute approximate surface area is 285 Å². The molecule has 0 saturated heterocycles. The lowest BCUT2D eigenvalue weighted by Gasteiger charge is -2.33. The molecule has 5 heterocycles. The molecular formula is C38H34F3N9. The van der Waals surface area contributed by atoms with Crippen molar-refractivity contribution in [3.63, 3.8) is 0 Å². The number of nitrogens with one attached hydrogen (secondary N) is 7. The van der Waals surface area contributed by atoms with E-state index in [2.05, 4.69) is 60.3 Å². The second-order valence-corrected chi connectivity index (χ2v) is 12.7. The standard InChI is InChI=1S/C38H34F3N9/c1-3-42-33-5-4-6-34(48-33)50-37(2)19-28(27-12-14-44-32(27)20-37)29-21-45-31-18-25(9-10-26(29)31)47-36-16-23(38(39,40)41)15-35(49-36)46-24-8-7-22-11-13-43-30(22)17-24/h4-19,21,43-45H,3,20H2,1-2H3,(H2,42,48,50)(H2,46,47,49). The third kappa shape index (κ3) is 6.11. The zero-order chi connectivity index (χ0) is 34.5. The van der Waals surface area contributed by atoms with Gasteiger partial charge >= 0.3 is 6.18 Å². The summed E-state index contributed by atoms with van der Waals surface area (Å²) in [4.78, 5) is 19.1. The fourth-order valence-corrected chi connectivity index (χ4v) is 6.67. The summed E-state index contributed by atoms with van der Waals surface area (Å²) < 4.78 is 41.9. The minimum absolute atomic E-state index is 0.0648. The number of aromatic amines is 3. The van der Waals surface area contributed by atoms with Crippen LogP contribution >= 0.6 is 0 Å². The van der Waals surface area contributed by atoms with Crippen molar-refractivity contribution < 1.29 is 13.2 Å². The summed E-state index contributed by atoms with van der Waals surface area (Å²) in [6.45, 7) is 4.97. The first-order valence-electron chi connectivity index (χ1n) is 16.3. The number of halogens is 3. The van der Waals surface area contributed by atoms with Gasteiger partial charge in [0.05, 0.1) is 11.1 Å². The number of fused-ring (bicyclic) bond motifs is 3. The van der Waals surface area contributed by atoms with Crippen molar-refractivity contribution in [1.29, 1.82) is 0 Å². The lowest BCUT2D eigenvalue weighted by molar-refractivity contribution is -0.137. The second-order valence-electron chi connectivity index (χ2n) is 12.7. The molecule has 8 rings (SSSR count). The minimum Gasteiger partial charge on any atom is -0.370 e. The van der Waals surface area contributed by atoms with E-state index in [0.29, 0.717) is 11.4 Å². The number of hydrogen-bond donors (Lipinski definition) is 7. The molecule has 0 bridgehead atoms. The Morgan fingerprint density at radius 2 is 1.48 bits per heavy atom. The van der Waals surface area contributed by atoms with E-state index in [0.717, 1.165) is 80.9 Å². The highest BCUT2D eigenvalue weighted by atomic mass is 19.4. The van der Waals surface area contributed by atoms with Crippen LogP contribution in [0.25, 0.3) is 27.4 Å². The molecule has 252 valence electrons. The van der Waals surface area contributed by atoms with Crippen molar-refractivity contribution in [1.82, 2.24) is 24.9 Å². The van der Waals surface area contributed by atoms with Gasteiger partial charge in [0.15, 0.2) is 0 Å². The second kappa shape index (κ2) is 12.1. The Bertz CT molecular complexity index is 2380. The number of nitrogens with zero attached hydrogens (tertiary/aromatic N) is 2. The maximum atomic E-state index is 14.0. The Kier molecular flexibility index (Phi) is 7.51. The SMILES string of the molecule is CCNc1cccc(NC2(C)C=C(c3c[nH]c4cc(Nc5cc(C(F)(F)F)cc(Nc6ccc7cc[nH]c7c6)n5)ccc34)c3cc[nH]c3C2)n1. The normalized spacial score (nSPS) is 15.9. The quantitative estimate of drug-likeness (QED) is 0.0820. The van der Waals surface area contributed by atoms with Crippen LogP contribution in [-0.2, 0) is 12.6 Å². The van der Waals surface area contributed by atoms with Gasteiger partial charge in [-0.1, -0.05) is 24.3 Å². The molecule has 0 saturated carbocycles. The van der Waals surface area contributed by atoms with Gasteiger partial charge in [0.2, 0.25) is 0 Å². The molecule has 2 aromatic carbocycles. The summed E-state index contributed by atoms with van der Waals surface area (Å²) in [6, 6.07) is 23.1. The number of benzene rings is 2. The summed E-state index contributed by atoms with van der Waals surface area (Å²) in [5, 5.41) is 15.0. The van der Waals surface area contributed by atoms with Crippen molar-refractivity contribution >= 4 is 62.0 Å². The van der Waals surface area contributed by atoms with Gasteiger partial charge in [0, 0.05) is 76.2 Å². The molecule has 0 aliphatic heterocycles. The molecule has 0 radical (unpaired) electrons. The van der Waals surface area contributed by atoms with Gasteiger partial charge in [-0.3, -0.25) is 0 Å². The van der Waals surface area contributed by atoms with Crippen LogP contribution in [0.15, 0.2) is 104 Å². The molecule has 5 aromatic heterocycles. The first-order chi connectivity index (χ1) is 24.1. The average molecular weight is 674 g/mol. The van der Waals surface area contributed by atoms with Gasteiger partial charge in [-0.15, -0.1) is 0 Å².